The molecular formula is C13H26N2O. The van der Waals surface area contributed by atoms with Crippen molar-refractivity contribution in [1.29, 1.82) is 0 Å². The summed E-state index contributed by atoms with van der Waals surface area (Å²) >= 11 is 0. The van der Waals surface area contributed by atoms with Gasteiger partial charge in [-0.25, -0.2) is 0 Å². The van der Waals surface area contributed by atoms with Gasteiger partial charge in [0, 0.05) is 12.6 Å². The molecule has 94 valence electrons. The molecule has 1 aliphatic carbocycles. The molecular weight excluding hydrogens is 200 g/mol. The van der Waals surface area contributed by atoms with Crippen LogP contribution in [0.1, 0.15) is 52.4 Å². The molecule has 1 saturated carbocycles. The molecule has 0 aliphatic heterocycles. The average Bonchev–Trinajstić information content (AvgIpc) is 2.34. The highest BCUT2D eigenvalue weighted by Gasteiger charge is 2.14. The molecule has 1 aliphatic rings. The Balaban J connectivity index is 2.05. The predicted octanol–water partition coefficient (Wildman–Crippen LogP) is 2.07. The van der Waals surface area contributed by atoms with Crippen LogP contribution >= 0.6 is 0 Å². The Hall–Kier alpha value is -0.570. The van der Waals surface area contributed by atoms with Crippen molar-refractivity contribution in [2.75, 3.05) is 13.1 Å². The van der Waals surface area contributed by atoms with Crippen molar-refractivity contribution in [2.45, 2.75) is 58.4 Å². The molecule has 1 fully saturated rings. The lowest BCUT2D eigenvalue weighted by atomic mass is 9.89. The van der Waals surface area contributed by atoms with E-state index in [0.717, 1.165) is 18.9 Å². The van der Waals surface area contributed by atoms with E-state index in [4.69, 9.17) is 0 Å². The summed E-state index contributed by atoms with van der Waals surface area (Å²) in [5.74, 6) is 0.868. The van der Waals surface area contributed by atoms with Gasteiger partial charge in [-0.3, -0.25) is 4.79 Å². The Morgan fingerprint density at radius 2 is 2.00 bits per heavy atom. The molecule has 3 nitrogen and oxygen atoms in total. The quantitative estimate of drug-likeness (QED) is 0.728. The summed E-state index contributed by atoms with van der Waals surface area (Å²) in [5.41, 5.74) is 0. The SMILES string of the molecule is CCC(C)NCC(=O)NCC1CCCCC1. The number of carbonyl (C=O) groups excluding carboxylic acids is 1. The van der Waals surface area contributed by atoms with Crippen molar-refractivity contribution in [2.24, 2.45) is 5.92 Å². The third-order valence-corrected chi connectivity index (χ3v) is 3.54. The van der Waals surface area contributed by atoms with E-state index in [-0.39, 0.29) is 5.91 Å². The Morgan fingerprint density at radius 1 is 1.31 bits per heavy atom. The van der Waals surface area contributed by atoms with Gasteiger partial charge in [0.15, 0.2) is 0 Å². The van der Waals surface area contributed by atoms with Gasteiger partial charge in [-0.15, -0.1) is 0 Å². The summed E-state index contributed by atoms with van der Waals surface area (Å²) < 4.78 is 0. The van der Waals surface area contributed by atoms with Crippen LogP contribution < -0.4 is 10.6 Å². The van der Waals surface area contributed by atoms with Gasteiger partial charge in [-0.1, -0.05) is 26.2 Å². The molecule has 1 unspecified atom stereocenters. The highest BCUT2D eigenvalue weighted by molar-refractivity contribution is 5.77. The summed E-state index contributed by atoms with van der Waals surface area (Å²) in [6.07, 6.45) is 7.70. The molecule has 0 aromatic heterocycles. The lowest BCUT2D eigenvalue weighted by Gasteiger charge is -2.22. The van der Waals surface area contributed by atoms with Gasteiger partial charge in [0.25, 0.3) is 0 Å². The van der Waals surface area contributed by atoms with E-state index in [9.17, 15) is 4.79 Å². The van der Waals surface area contributed by atoms with Crippen molar-refractivity contribution in [3.63, 3.8) is 0 Å². The fraction of sp³-hybridized carbons (Fsp3) is 0.923. The van der Waals surface area contributed by atoms with Gasteiger partial charge in [0.1, 0.15) is 0 Å². The van der Waals surface area contributed by atoms with Crippen LogP contribution in [0.3, 0.4) is 0 Å². The van der Waals surface area contributed by atoms with E-state index >= 15 is 0 Å². The molecule has 16 heavy (non-hydrogen) atoms. The molecule has 1 atom stereocenters. The van der Waals surface area contributed by atoms with E-state index in [1.165, 1.54) is 32.1 Å². The zero-order valence-corrected chi connectivity index (χ0v) is 10.7. The zero-order valence-electron chi connectivity index (χ0n) is 10.7. The number of nitrogens with one attached hydrogen (secondary N) is 2. The first-order valence-electron chi connectivity index (χ1n) is 6.72. The van der Waals surface area contributed by atoms with Crippen LogP contribution in [0.5, 0.6) is 0 Å². The topological polar surface area (TPSA) is 41.1 Å². The second kappa shape index (κ2) is 7.66. The van der Waals surface area contributed by atoms with Gasteiger partial charge >= 0.3 is 0 Å². The molecule has 1 amide bonds. The predicted molar refractivity (Wildman–Crippen MR) is 67.3 cm³/mol. The van der Waals surface area contributed by atoms with Crippen LogP contribution in [0.25, 0.3) is 0 Å². The Morgan fingerprint density at radius 3 is 2.62 bits per heavy atom. The molecule has 2 N–H and O–H groups in total. The largest absolute Gasteiger partial charge is 0.355 e. The molecule has 0 aromatic carbocycles. The van der Waals surface area contributed by atoms with Gasteiger partial charge < -0.3 is 10.6 Å². The minimum atomic E-state index is 0.144. The lowest BCUT2D eigenvalue weighted by molar-refractivity contribution is -0.120. The first-order valence-corrected chi connectivity index (χ1v) is 6.72. The van der Waals surface area contributed by atoms with E-state index < -0.39 is 0 Å². The van der Waals surface area contributed by atoms with Gasteiger partial charge in [-0.05, 0) is 32.1 Å². The molecule has 0 saturated heterocycles. The molecule has 0 spiro atoms. The Kier molecular flexibility index (Phi) is 6.46. The van der Waals surface area contributed by atoms with Crippen molar-refractivity contribution in [3.8, 4) is 0 Å². The average molecular weight is 226 g/mol. The van der Waals surface area contributed by atoms with Crippen LogP contribution in [0.15, 0.2) is 0 Å². The second-order valence-electron chi connectivity index (χ2n) is 5.00. The third-order valence-electron chi connectivity index (χ3n) is 3.54. The lowest BCUT2D eigenvalue weighted by Crippen LogP contribution is -2.39. The van der Waals surface area contributed by atoms with E-state index in [1.807, 2.05) is 0 Å². The van der Waals surface area contributed by atoms with Crippen molar-refractivity contribution in [1.82, 2.24) is 10.6 Å². The summed E-state index contributed by atoms with van der Waals surface area (Å²) in [4.78, 5) is 11.5. The summed E-state index contributed by atoms with van der Waals surface area (Å²) in [6.45, 7) is 5.56. The fourth-order valence-electron chi connectivity index (χ4n) is 2.12. The highest BCUT2D eigenvalue weighted by atomic mass is 16.1. The first-order chi connectivity index (χ1) is 7.72. The van der Waals surface area contributed by atoms with Gasteiger partial charge in [-0.2, -0.15) is 0 Å². The first kappa shape index (κ1) is 13.5. The summed E-state index contributed by atoms with van der Waals surface area (Å²) in [5, 5.41) is 6.24. The minimum absolute atomic E-state index is 0.144. The Bertz CT molecular complexity index is 200. The molecule has 0 bridgehead atoms. The highest BCUT2D eigenvalue weighted by Crippen LogP contribution is 2.22. The van der Waals surface area contributed by atoms with E-state index in [2.05, 4.69) is 24.5 Å². The number of rotatable bonds is 6. The minimum Gasteiger partial charge on any atom is -0.355 e. The number of hydrogen-bond donors (Lipinski definition) is 2. The van der Waals surface area contributed by atoms with Gasteiger partial charge in [0.05, 0.1) is 6.54 Å². The van der Waals surface area contributed by atoms with Crippen LogP contribution in [0.4, 0.5) is 0 Å². The van der Waals surface area contributed by atoms with Crippen LogP contribution in [0.2, 0.25) is 0 Å². The molecule has 0 radical (unpaired) electrons. The standard InChI is InChI=1S/C13H26N2O/c1-3-11(2)14-10-13(16)15-9-12-7-5-4-6-8-12/h11-12,14H,3-10H2,1-2H3,(H,15,16). The van der Waals surface area contributed by atoms with E-state index in [1.54, 1.807) is 0 Å². The number of amides is 1. The smallest absolute Gasteiger partial charge is 0.233 e. The van der Waals surface area contributed by atoms with Crippen molar-refractivity contribution < 1.29 is 4.79 Å². The number of carbonyl (C=O) groups is 1. The Labute approximate surface area is 99.4 Å². The third kappa shape index (κ3) is 5.50. The normalized spacial score (nSPS) is 19.4. The molecule has 3 heteroatoms. The monoisotopic (exact) mass is 226 g/mol. The maximum Gasteiger partial charge on any atom is 0.233 e. The molecule has 1 rings (SSSR count). The van der Waals surface area contributed by atoms with Gasteiger partial charge in [0.2, 0.25) is 5.91 Å². The molecule has 0 aromatic rings. The summed E-state index contributed by atoms with van der Waals surface area (Å²) in [6, 6.07) is 0.431. The maximum atomic E-state index is 11.5. The van der Waals surface area contributed by atoms with Crippen molar-refractivity contribution in [3.05, 3.63) is 0 Å². The second-order valence-corrected chi connectivity index (χ2v) is 5.00. The van der Waals surface area contributed by atoms with Crippen molar-refractivity contribution >= 4 is 5.91 Å². The zero-order chi connectivity index (χ0) is 11.8. The summed E-state index contributed by atoms with van der Waals surface area (Å²) in [7, 11) is 0. The van der Waals surface area contributed by atoms with Crippen LogP contribution in [-0.4, -0.2) is 25.0 Å². The maximum absolute atomic E-state index is 11.5. The van der Waals surface area contributed by atoms with E-state index in [0.29, 0.717) is 12.6 Å². The van der Waals surface area contributed by atoms with Crippen LogP contribution in [-0.2, 0) is 4.79 Å². The fourth-order valence-corrected chi connectivity index (χ4v) is 2.12. The molecule has 0 heterocycles. The van der Waals surface area contributed by atoms with Crippen LogP contribution in [0, 0.1) is 5.92 Å². The number of hydrogen-bond acceptors (Lipinski definition) is 2.